The maximum atomic E-state index is 12.6. The van der Waals surface area contributed by atoms with Crippen LogP contribution in [0.5, 0.6) is 11.5 Å². The highest BCUT2D eigenvalue weighted by Crippen LogP contribution is 2.31. The first-order valence-electron chi connectivity index (χ1n) is 8.22. The molecular weight excluding hydrogens is 382 g/mol. The van der Waals surface area contributed by atoms with Crippen molar-refractivity contribution in [2.75, 3.05) is 4.90 Å². The highest BCUT2D eigenvalue weighted by Gasteiger charge is 2.36. The third-order valence-corrected chi connectivity index (χ3v) is 4.52. The molecule has 3 aromatic rings. The first kappa shape index (κ1) is 17.8. The number of fused-ring (bicyclic) bond motifs is 1. The number of carbonyl (C=O) groups is 3. The highest BCUT2D eigenvalue weighted by molar-refractivity contribution is 6.34. The molecule has 0 unspecified atom stereocenters. The van der Waals surface area contributed by atoms with Gasteiger partial charge in [-0.25, -0.2) is 4.90 Å². The predicted octanol–water partition coefficient (Wildman–Crippen LogP) is 3.30. The fourth-order valence-electron chi connectivity index (χ4n) is 2.90. The molecule has 1 aliphatic rings. The maximum Gasteiger partial charge on any atom is 0.266 e. The van der Waals surface area contributed by atoms with E-state index in [1.807, 2.05) is 0 Å². The molecule has 6 nitrogen and oxygen atoms in total. The van der Waals surface area contributed by atoms with E-state index in [0.717, 1.165) is 11.0 Å². The van der Waals surface area contributed by atoms with Gasteiger partial charge in [0.25, 0.3) is 11.8 Å². The first-order chi connectivity index (χ1) is 13.4. The minimum atomic E-state index is -1.41. The van der Waals surface area contributed by atoms with Gasteiger partial charge in [-0.1, -0.05) is 17.7 Å². The summed E-state index contributed by atoms with van der Waals surface area (Å²) in [7, 11) is 0. The van der Waals surface area contributed by atoms with Crippen molar-refractivity contribution in [2.24, 2.45) is 0 Å². The third kappa shape index (κ3) is 3.10. The van der Waals surface area contributed by atoms with Crippen molar-refractivity contribution in [2.45, 2.75) is 0 Å². The maximum absolute atomic E-state index is 12.6. The standard InChI is InChI=1S/C21H12ClNO5/c22-13-2-6-15(7-3-13)28-16-8-4-14(5-9-16)23-19(24)17-10-1-12(21(26)27)11-18(17)20(23)25/h1-11H,(H,26,27)/p-1. The number of carboxylic acids is 1. The zero-order chi connectivity index (χ0) is 19.8. The molecule has 1 aliphatic heterocycles. The van der Waals surface area contributed by atoms with Gasteiger partial charge >= 0.3 is 0 Å². The van der Waals surface area contributed by atoms with Crippen LogP contribution in [0.2, 0.25) is 5.02 Å². The Morgan fingerprint density at radius 2 is 1.39 bits per heavy atom. The molecule has 0 fully saturated rings. The molecule has 0 bridgehead atoms. The smallest absolute Gasteiger partial charge is 0.266 e. The van der Waals surface area contributed by atoms with Gasteiger partial charge in [-0.05, 0) is 66.2 Å². The number of rotatable bonds is 4. The lowest BCUT2D eigenvalue weighted by atomic mass is 10.1. The van der Waals surface area contributed by atoms with Crippen LogP contribution in [0, 0.1) is 0 Å². The van der Waals surface area contributed by atoms with Crippen molar-refractivity contribution >= 4 is 35.1 Å². The Balaban J connectivity index is 1.59. The van der Waals surface area contributed by atoms with E-state index >= 15 is 0 Å². The number of hydrogen-bond donors (Lipinski definition) is 0. The molecule has 4 rings (SSSR count). The molecule has 0 N–H and O–H groups in total. The molecule has 7 heteroatoms. The number of carboxylic acid groups (broad SMARTS) is 1. The first-order valence-corrected chi connectivity index (χ1v) is 8.59. The van der Waals surface area contributed by atoms with E-state index in [9.17, 15) is 19.5 Å². The molecule has 2 amide bonds. The Labute approximate surface area is 164 Å². The minimum Gasteiger partial charge on any atom is -0.545 e. The van der Waals surface area contributed by atoms with Gasteiger partial charge in [0.15, 0.2) is 0 Å². The van der Waals surface area contributed by atoms with Crippen molar-refractivity contribution in [3.8, 4) is 11.5 Å². The fraction of sp³-hybridized carbons (Fsp3) is 0. The lowest BCUT2D eigenvalue weighted by molar-refractivity contribution is -0.255. The number of benzene rings is 3. The van der Waals surface area contributed by atoms with Gasteiger partial charge in [-0.2, -0.15) is 0 Å². The Kier molecular flexibility index (Phi) is 4.33. The monoisotopic (exact) mass is 392 g/mol. The lowest BCUT2D eigenvalue weighted by Gasteiger charge is -2.14. The highest BCUT2D eigenvalue weighted by atomic mass is 35.5. The second-order valence-electron chi connectivity index (χ2n) is 6.04. The summed E-state index contributed by atoms with van der Waals surface area (Å²) in [6.07, 6.45) is 0. The van der Waals surface area contributed by atoms with E-state index in [2.05, 4.69) is 0 Å². The molecular formula is C21H11ClNO5-. The van der Waals surface area contributed by atoms with Gasteiger partial charge in [-0.3, -0.25) is 9.59 Å². The molecule has 0 radical (unpaired) electrons. The van der Waals surface area contributed by atoms with Crippen LogP contribution in [0.3, 0.4) is 0 Å². The van der Waals surface area contributed by atoms with Crippen molar-refractivity contribution in [1.29, 1.82) is 0 Å². The third-order valence-electron chi connectivity index (χ3n) is 4.27. The predicted molar refractivity (Wildman–Crippen MR) is 99.9 cm³/mol. The van der Waals surface area contributed by atoms with Crippen LogP contribution in [0.1, 0.15) is 31.1 Å². The molecule has 0 saturated heterocycles. The van der Waals surface area contributed by atoms with Gasteiger partial charge in [0, 0.05) is 5.02 Å². The summed E-state index contributed by atoms with van der Waals surface area (Å²) < 4.78 is 5.69. The molecule has 138 valence electrons. The summed E-state index contributed by atoms with van der Waals surface area (Å²) in [6, 6.07) is 17.0. The summed E-state index contributed by atoms with van der Waals surface area (Å²) in [5, 5.41) is 11.6. The van der Waals surface area contributed by atoms with E-state index in [4.69, 9.17) is 16.3 Å². The number of hydrogen-bond acceptors (Lipinski definition) is 5. The van der Waals surface area contributed by atoms with Crippen LogP contribution in [0.25, 0.3) is 0 Å². The van der Waals surface area contributed by atoms with Crippen LogP contribution >= 0.6 is 11.6 Å². The topological polar surface area (TPSA) is 86.7 Å². The quantitative estimate of drug-likeness (QED) is 0.636. The fourth-order valence-corrected chi connectivity index (χ4v) is 3.03. The molecule has 28 heavy (non-hydrogen) atoms. The van der Waals surface area contributed by atoms with Gasteiger partial charge in [0.2, 0.25) is 0 Å². The van der Waals surface area contributed by atoms with E-state index in [1.165, 1.54) is 12.1 Å². The number of carbonyl (C=O) groups excluding carboxylic acids is 3. The van der Waals surface area contributed by atoms with Crippen LogP contribution in [-0.2, 0) is 0 Å². The van der Waals surface area contributed by atoms with Crippen molar-refractivity contribution in [3.05, 3.63) is 88.4 Å². The molecule has 0 aliphatic carbocycles. The summed E-state index contributed by atoms with van der Waals surface area (Å²) in [5.74, 6) is -1.41. The minimum absolute atomic E-state index is 0.0354. The number of aromatic carboxylic acids is 1. The molecule has 0 aromatic heterocycles. The average Bonchev–Trinajstić information content (AvgIpc) is 2.94. The molecule has 0 spiro atoms. The van der Waals surface area contributed by atoms with Crippen LogP contribution < -0.4 is 14.7 Å². The van der Waals surface area contributed by atoms with Crippen molar-refractivity contribution < 1.29 is 24.2 Å². The lowest BCUT2D eigenvalue weighted by Crippen LogP contribution is -2.29. The van der Waals surface area contributed by atoms with Gasteiger partial charge in [0.1, 0.15) is 11.5 Å². The summed E-state index contributed by atoms with van der Waals surface area (Å²) >= 11 is 5.84. The van der Waals surface area contributed by atoms with Crippen LogP contribution in [0.15, 0.2) is 66.7 Å². The second-order valence-corrected chi connectivity index (χ2v) is 6.48. The van der Waals surface area contributed by atoms with Gasteiger partial charge < -0.3 is 14.6 Å². The Morgan fingerprint density at radius 1 is 0.821 bits per heavy atom. The van der Waals surface area contributed by atoms with E-state index in [-0.39, 0.29) is 16.7 Å². The number of imide groups is 1. The number of anilines is 1. The SMILES string of the molecule is O=C([O-])c1ccc2c(c1)C(=O)N(c1ccc(Oc3ccc(Cl)cc3)cc1)C2=O. The number of nitrogens with zero attached hydrogens (tertiary/aromatic N) is 1. The van der Waals surface area contributed by atoms with E-state index in [0.29, 0.717) is 22.2 Å². The number of ether oxygens (including phenoxy) is 1. The summed E-state index contributed by atoms with van der Waals surface area (Å²) in [4.78, 5) is 37.2. The van der Waals surface area contributed by atoms with E-state index < -0.39 is 17.8 Å². The normalized spacial score (nSPS) is 12.8. The van der Waals surface area contributed by atoms with Gasteiger partial charge in [0.05, 0.1) is 22.8 Å². The Hall–Kier alpha value is -3.64. The largest absolute Gasteiger partial charge is 0.545 e. The average molecular weight is 393 g/mol. The van der Waals surface area contributed by atoms with Gasteiger partial charge in [-0.15, -0.1) is 0 Å². The second kappa shape index (κ2) is 6.83. The van der Waals surface area contributed by atoms with E-state index in [1.54, 1.807) is 48.5 Å². The molecule has 0 saturated carbocycles. The molecule has 3 aromatic carbocycles. The Bertz CT molecular complexity index is 1110. The van der Waals surface area contributed by atoms with Crippen LogP contribution in [-0.4, -0.2) is 17.8 Å². The zero-order valence-electron chi connectivity index (χ0n) is 14.2. The van der Waals surface area contributed by atoms with Crippen molar-refractivity contribution in [3.63, 3.8) is 0 Å². The molecule has 0 atom stereocenters. The van der Waals surface area contributed by atoms with Crippen molar-refractivity contribution in [1.82, 2.24) is 0 Å². The summed E-state index contributed by atoms with van der Waals surface area (Å²) in [6.45, 7) is 0. The number of amides is 2. The summed E-state index contributed by atoms with van der Waals surface area (Å²) in [5.41, 5.74) is 0.378. The number of halogens is 1. The van der Waals surface area contributed by atoms with Crippen LogP contribution in [0.4, 0.5) is 5.69 Å². The Morgan fingerprint density at radius 3 is 2.00 bits per heavy atom. The zero-order valence-corrected chi connectivity index (χ0v) is 15.0. The molecule has 1 heterocycles.